The predicted molar refractivity (Wildman–Crippen MR) is 150 cm³/mol. The number of aromatic nitrogens is 4. The highest BCUT2D eigenvalue weighted by Crippen LogP contribution is 2.27. The number of hydrogen-bond donors (Lipinski definition) is 6. The summed E-state index contributed by atoms with van der Waals surface area (Å²) in [5.41, 5.74) is 8.02. The molecule has 0 aliphatic carbocycles. The van der Waals surface area contributed by atoms with E-state index < -0.39 is 0 Å². The van der Waals surface area contributed by atoms with E-state index in [-0.39, 0.29) is 49.5 Å². The molecule has 4 aromatic rings. The van der Waals surface area contributed by atoms with E-state index in [1.807, 2.05) is 24.3 Å². The smallest absolute Gasteiger partial charge is 0.176 e. The van der Waals surface area contributed by atoms with Gasteiger partial charge in [-0.1, -0.05) is 24.3 Å². The Labute approximate surface area is 230 Å². The van der Waals surface area contributed by atoms with Crippen LogP contribution in [0.15, 0.2) is 46.9 Å². The summed E-state index contributed by atoms with van der Waals surface area (Å²) in [5.74, 6) is 0.579. The van der Waals surface area contributed by atoms with E-state index in [9.17, 15) is 20.4 Å². The molecule has 0 amide bonds. The second-order valence-electron chi connectivity index (χ2n) is 7.76. The van der Waals surface area contributed by atoms with Crippen molar-refractivity contribution in [3.8, 4) is 11.5 Å². The zero-order chi connectivity index (χ0) is 25.7. The quantitative estimate of drug-likeness (QED) is 0.138. The van der Waals surface area contributed by atoms with Crippen LogP contribution < -0.4 is 10.9 Å². The molecule has 14 heteroatoms. The van der Waals surface area contributed by atoms with Crippen LogP contribution >= 0.6 is 24.8 Å². The number of nitrogens with one attached hydrogen (secondary N) is 2. The molecule has 0 saturated heterocycles. The van der Waals surface area contributed by atoms with Crippen LogP contribution in [0.4, 0.5) is 11.6 Å². The van der Waals surface area contributed by atoms with E-state index in [1.54, 1.807) is 13.8 Å². The molecular weight excluding hydrogens is 535 g/mol. The Kier molecular flexibility index (Phi) is 10.7. The van der Waals surface area contributed by atoms with Crippen LogP contribution in [0.2, 0.25) is 0 Å². The molecule has 0 spiro atoms. The van der Waals surface area contributed by atoms with E-state index in [1.165, 1.54) is 24.8 Å². The summed E-state index contributed by atoms with van der Waals surface area (Å²) >= 11 is 0. The minimum absolute atomic E-state index is 0. The maximum Gasteiger partial charge on any atom is 0.176 e. The van der Waals surface area contributed by atoms with E-state index in [0.717, 1.165) is 0 Å². The van der Waals surface area contributed by atoms with Gasteiger partial charge in [0.05, 0.1) is 37.0 Å². The van der Waals surface area contributed by atoms with Gasteiger partial charge >= 0.3 is 0 Å². The molecule has 1 aromatic carbocycles. The van der Waals surface area contributed by atoms with Crippen molar-refractivity contribution in [3.05, 3.63) is 70.3 Å². The van der Waals surface area contributed by atoms with Gasteiger partial charge in [0.15, 0.2) is 11.6 Å². The van der Waals surface area contributed by atoms with Gasteiger partial charge in [0.1, 0.15) is 11.5 Å². The number of hydrogen-bond acceptors (Lipinski definition) is 12. The van der Waals surface area contributed by atoms with E-state index in [2.05, 4.69) is 41.2 Å². The third-order valence-electron chi connectivity index (χ3n) is 5.47. The first kappa shape index (κ1) is 30.1. The molecule has 3 heterocycles. The fourth-order valence-electron chi connectivity index (χ4n) is 3.43. The van der Waals surface area contributed by atoms with Crippen molar-refractivity contribution in [2.24, 2.45) is 10.2 Å². The summed E-state index contributed by atoms with van der Waals surface area (Å²) in [6.07, 6.45) is 5.71. The van der Waals surface area contributed by atoms with Crippen LogP contribution in [0, 0.1) is 13.8 Å². The van der Waals surface area contributed by atoms with Gasteiger partial charge < -0.3 is 20.4 Å². The van der Waals surface area contributed by atoms with Crippen molar-refractivity contribution in [1.29, 1.82) is 0 Å². The minimum atomic E-state index is -0.303. The standard InChI is InChI=1S/C24H24N8O4.2ClH/c1-13-21(35)19(15(11-33)7-25-13)9-27-29-23-17-5-3-4-6-18(17)24(32-31-23)30-28-10-20-16(12-34)8-26-14(2)22(20)36;;/h3-10,33-36H,11-12H2,1-2H3,(H,29,31)(H,30,32);2*1H/b27-9+,28-10+;;. The Balaban J connectivity index is 0.00000253. The predicted octanol–water partition coefficient (Wildman–Crippen LogP) is 3.17. The van der Waals surface area contributed by atoms with Gasteiger partial charge in [-0.3, -0.25) is 20.8 Å². The summed E-state index contributed by atoms with van der Waals surface area (Å²) in [6, 6.07) is 7.32. The van der Waals surface area contributed by atoms with Gasteiger partial charge in [0, 0.05) is 45.4 Å². The normalized spacial score (nSPS) is 10.9. The Hall–Kier alpha value is -4.10. The van der Waals surface area contributed by atoms with Crippen molar-refractivity contribution < 1.29 is 20.4 Å². The minimum Gasteiger partial charge on any atom is -0.505 e. The molecule has 0 aliphatic rings. The number of benzene rings is 1. The average molecular weight is 561 g/mol. The number of aromatic hydroxyl groups is 2. The van der Waals surface area contributed by atoms with Crippen molar-refractivity contribution in [1.82, 2.24) is 20.2 Å². The van der Waals surface area contributed by atoms with Crippen LogP contribution in [0.1, 0.15) is 33.6 Å². The molecule has 3 aromatic heterocycles. The van der Waals surface area contributed by atoms with Crippen LogP contribution in [0.25, 0.3) is 10.8 Å². The first-order valence-electron chi connectivity index (χ1n) is 10.8. The second-order valence-corrected chi connectivity index (χ2v) is 7.76. The lowest BCUT2D eigenvalue weighted by atomic mass is 10.1. The molecule has 0 radical (unpaired) electrons. The lowest BCUT2D eigenvalue weighted by molar-refractivity contribution is 0.280. The Morgan fingerprint density at radius 3 is 1.50 bits per heavy atom. The highest BCUT2D eigenvalue weighted by atomic mass is 35.5. The molecule has 4 rings (SSSR count). The van der Waals surface area contributed by atoms with Crippen LogP contribution in [-0.2, 0) is 13.2 Å². The van der Waals surface area contributed by atoms with Gasteiger partial charge in [0.2, 0.25) is 0 Å². The van der Waals surface area contributed by atoms with Gasteiger partial charge in [-0.15, -0.1) is 35.0 Å². The van der Waals surface area contributed by atoms with Crippen LogP contribution in [0.3, 0.4) is 0 Å². The summed E-state index contributed by atoms with van der Waals surface area (Å²) < 4.78 is 0. The Morgan fingerprint density at radius 1 is 0.737 bits per heavy atom. The van der Waals surface area contributed by atoms with Gasteiger partial charge in [-0.25, -0.2) is 0 Å². The molecule has 0 aliphatic heterocycles. The number of rotatable bonds is 8. The molecule has 0 bridgehead atoms. The van der Waals surface area contributed by atoms with Gasteiger partial charge in [-0.05, 0) is 13.8 Å². The fraction of sp³-hybridized carbons (Fsp3) is 0.167. The van der Waals surface area contributed by atoms with E-state index >= 15 is 0 Å². The SMILES string of the molecule is Cc1ncc(CO)c(/C=N/Nc2nnc(N/N=C/c3c(CO)cnc(C)c3O)c3ccccc23)c1O.Cl.Cl. The van der Waals surface area contributed by atoms with Gasteiger partial charge in [0.25, 0.3) is 0 Å². The molecule has 0 saturated carbocycles. The maximum atomic E-state index is 10.3. The van der Waals surface area contributed by atoms with Crippen LogP contribution in [-0.4, -0.2) is 53.0 Å². The molecular formula is C24H26Cl2N8O4. The van der Waals surface area contributed by atoms with E-state index in [0.29, 0.717) is 56.0 Å². The number of aliphatic hydroxyl groups excluding tert-OH is 2. The number of nitrogens with zero attached hydrogens (tertiary/aromatic N) is 6. The lowest BCUT2D eigenvalue weighted by Crippen LogP contribution is -2.03. The average Bonchev–Trinajstić information content (AvgIpc) is 2.90. The van der Waals surface area contributed by atoms with E-state index in [4.69, 9.17) is 0 Å². The monoisotopic (exact) mass is 560 g/mol. The zero-order valence-corrected chi connectivity index (χ0v) is 22.0. The molecule has 0 atom stereocenters. The highest BCUT2D eigenvalue weighted by molar-refractivity contribution is 5.99. The Bertz CT molecular complexity index is 1370. The third-order valence-corrected chi connectivity index (χ3v) is 5.47. The molecule has 12 nitrogen and oxygen atoms in total. The maximum absolute atomic E-state index is 10.3. The first-order valence-corrected chi connectivity index (χ1v) is 10.8. The highest BCUT2D eigenvalue weighted by Gasteiger charge is 2.12. The second kappa shape index (κ2) is 13.4. The third kappa shape index (κ3) is 6.23. The molecule has 200 valence electrons. The summed E-state index contributed by atoms with van der Waals surface area (Å²) in [6.45, 7) is 2.69. The fourth-order valence-corrected chi connectivity index (χ4v) is 3.43. The van der Waals surface area contributed by atoms with Crippen molar-refractivity contribution in [3.63, 3.8) is 0 Å². The number of fused-ring (bicyclic) bond motifs is 1. The lowest BCUT2D eigenvalue weighted by Gasteiger charge is -2.09. The number of anilines is 2. The Morgan fingerprint density at radius 2 is 1.13 bits per heavy atom. The van der Waals surface area contributed by atoms with Crippen molar-refractivity contribution >= 4 is 59.7 Å². The first-order chi connectivity index (χ1) is 17.4. The van der Waals surface area contributed by atoms with Crippen LogP contribution in [0.5, 0.6) is 11.5 Å². The number of aliphatic hydroxyl groups is 2. The summed E-state index contributed by atoms with van der Waals surface area (Å²) in [5, 5.41) is 57.6. The molecule has 38 heavy (non-hydrogen) atoms. The largest absolute Gasteiger partial charge is 0.505 e. The number of aryl methyl sites for hydroxylation is 2. The zero-order valence-electron chi connectivity index (χ0n) is 20.3. The van der Waals surface area contributed by atoms with Crippen molar-refractivity contribution in [2.75, 3.05) is 10.9 Å². The summed E-state index contributed by atoms with van der Waals surface area (Å²) in [4.78, 5) is 8.05. The molecule has 6 N–H and O–H groups in total. The van der Waals surface area contributed by atoms with Gasteiger partial charge in [-0.2, -0.15) is 10.2 Å². The van der Waals surface area contributed by atoms with Crippen molar-refractivity contribution in [2.45, 2.75) is 27.1 Å². The molecule has 0 fully saturated rings. The number of halogens is 2. The number of pyridine rings is 2. The topological polar surface area (TPSA) is 181 Å². The number of hydrazone groups is 2. The summed E-state index contributed by atoms with van der Waals surface area (Å²) in [7, 11) is 0. The molecule has 0 unspecified atom stereocenters.